The number of benzene rings is 1. The van der Waals surface area contributed by atoms with Gasteiger partial charge in [-0.1, -0.05) is 32.9 Å². The van der Waals surface area contributed by atoms with E-state index in [2.05, 4.69) is 10.3 Å². The quantitative estimate of drug-likeness (QED) is 0.271. The summed E-state index contributed by atoms with van der Waals surface area (Å²) in [6, 6.07) is 4.49. The van der Waals surface area contributed by atoms with E-state index in [4.69, 9.17) is 16.2 Å². The number of nitrogens with one attached hydrogen (secondary N) is 1. The third kappa shape index (κ3) is 6.60. The Bertz CT molecular complexity index is 1320. The number of halogens is 1. The Morgan fingerprint density at radius 3 is 2.57 bits per heavy atom. The topological polar surface area (TPSA) is 161 Å². The highest BCUT2D eigenvalue weighted by Gasteiger charge is 2.56. The van der Waals surface area contributed by atoms with Gasteiger partial charge < -0.3 is 31.5 Å². The van der Waals surface area contributed by atoms with Gasteiger partial charge in [-0.2, -0.15) is 0 Å². The van der Waals surface area contributed by atoms with E-state index in [9.17, 15) is 23.9 Å². The first-order chi connectivity index (χ1) is 19.7. The van der Waals surface area contributed by atoms with Crippen LogP contribution < -0.4 is 21.5 Å². The van der Waals surface area contributed by atoms with Gasteiger partial charge in [0.2, 0.25) is 11.8 Å². The number of aryl methyl sites for hydroxylation is 1. The number of aromatic nitrogens is 1. The molecular weight excluding hydrogens is 561 g/mol. The molecule has 10 nitrogen and oxygen atoms in total. The number of aliphatic hydroxyl groups is 1. The number of hydrogen-bond acceptors (Lipinski definition) is 8. The number of thiazole rings is 1. The van der Waals surface area contributed by atoms with Crippen LogP contribution in [0, 0.1) is 12.3 Å². The van der Waals surface area contributed by atoms with Gasteiger partial charge in [0.05, 0.1) is 28.8 Å². The summed E-state index contributed by atoms with van der Waals surface area (Å²) in [6.45, 7) is 7.94. The lowest BCUT2D eigenvalue weighted by molar-refractivity contribution is -0.149. The highest BCUT2D eigenvalue weighted by Crippen LogP contribution is 2.42. The van der Waals surface area contributed by atoms with Crippen LogP contribution in [0.4, 0.5) is 4.39 Å². The number of ether oxygens (including phenoxy) is 1. The van der Waals surface area contributed by atoms with E-state index in [1.807, 2.05) is 25.1 Å². The molecule has 1 aromatic carbocycles. The largest absolute Gasteiger partial charge is 0.493 e. The fraction of sp³-hybridized carbons (Fsp3) is 0.600. The molecule has 0 radical (unpaired) electrons. The Kier molecular flexibility index (Phi) is 9.29. The zero-order valence-corrected chi connectivity index (χ0v) is 25.6. The summed E-state index contributed by atoms with van der Waals surface area (Å²) in [6.07, 6.45) is 0.578. The van der Waals surface area contributed by atoms with Gasteiger partial charge in [-0.25, -0.2) is 9.37 Å². The molecule has 1 aromatic heterocycles. The first-order valence-electron chi connectivity index (χ1n) is 14.4. The Labute approximate surface area is 250 Å². The van der Waals surface area contributed by atoms with Gasteiger partial charge in [-0.05, 0) is 61.8 Å². The monoisotopic (exact) mass is 603 g/mol. The van der Waals surface area contributed by atoms with Gasteiger partial charge in [0.25, 0.3) is 5.91 Å². The van der Waals surface area contributed by atoms with Gasteiger partial charge in [0.1, 0.15) is 17.3 Å². The zero-order chi connectivity index (χ0) is 30.9. The summed E-state index contributed by atoms with van der Waals surface area (Å²) in [5.41, 5.74) is 11.5. The number of hydrogen-bond donors (Lipinski definition) is 4. The van der Waals surface area contributed by atoms with Crippen LogP contribution in [-0.2, 0) is 20.8 Å². The molecule has 2 aromatic rings. The fourth-order valence-electron chi connectivity index (χ4n) is 5.44. The van der Waals surface area contributed by atoms with Gasteiger partial charge >= 0.3 is 0 Å². The molecule has 6 N–H and O–H groups in total. The number of primary amides is 1. The third-order valence-corrected chi connectivity index (χ3v) is 9.08. The number of carbonyl (C=O) groups is 3. The summed E-state index contributed by atoms with van der Waals surface area (Å²) < 4.78 is 20.8. The van der Waals surface area contributed by atoms with Crippen molar-refractivity contribution < 1.29 is 28.6 Å². The molecule has 2 fully saturated rings. The molecule has 0 spiro atoms. The van der Waals surface area contributed by atoms with Crippen LogP contribution >= 0.6 is 11.3 Å². The maximum atomic E-state index is 14.6. The average Bonchev–Trinajstić information content (AvgIpc) is 3.37. The number of nitrogens with two attached hydrogens (primary N) is 2. The van der Waals surface area contributed by atoms with E-state index in [1.54, 1.807) is 26.3 Å². The van der Waals surface area contributed by atoms with Crippen LogP contribution in [-0.4, -0.2) is 75.8 Å². The standard InChI is InChI=1S/C30H42FN5O5S/c1-18-23(42-17-34-18)19-7-8-20(22(13-19)41-12-6-5-11-32)14-30(26(33)39)15-21(37)16-36(30)25(38)24(28(2,3)4)35-27(40)29(31)9-10-29/h7-8,13,17,21,24,37H,5-6,9-12,14-16,32H2,1-4H3,(H2,33,39)(H,35,40)/t21?,24-,30?/m1/s1. The molecule has 4 rings (SSSR count). The van der Waals surface area contributed by atoms with Crippen LogP contribution in [0.5, 0.6) is 5.75 Å². The Morgan fingerprint density at radius 1 is 1.29 bits per heavy atom. The third-order valence-electron chi connectivity index (χ3n) is 8.11. The van der Waals surface area contributed by atoms with Crippen LogP contribution in [0.25, 0.3) is 10.4 Å². The Hall–Kier alpha value is -3.09. The number of nitrogens with zero attached hydrogens (tertiary/aromatic N) is 2. The van der Waals surface area contributed by atoms with Crippen molar-refractivity contribution >= 4 is 29.1 Å². The number of alkyl halides is 1. The molecule has 3 atom stereocenters. The molecule has 2 aliphatic rings. The van der Waals surface area contributed by atoms with Crippen molar-refractivity contribution in [1.29, 1.82) is 0 Å². The van der Waals surface area contributed by atoms with Crippen molar-refractivity contribution in [3.05, 3.63) is 35.0 Å². The van der Waals surface area contributed by atoms with Crippen molar-refractivity contribution in [3.8, 4) is 16.2 Å². The van der Waals surface area contributed by atoms with Crippen molar-refractivity contribution in [2.75, 3.05) is 19.7 Å². The Balaban J connectivity index is 1.70. The van der Waals surface area contributed by atoms with Gasteiger partial charge in [-0.15, -0.1) is 11.3 Å². The number of carbonyl (C=O) groups excluding carboxylic acids is 3. The molecule has 3 amide bonds. The molecule has 1 aliphatic heterocycles. The lowest BCUT2D eigenvalue weighted by Gasteiger charge is -2.41. The van der Waals surface area contributed by atoms with Crippen molar-refractivity contribution in [2.24, 2.45) is 16.9 Å². The molecule has 1 saturated heterocycles. The summed E-state index contributed by atoms with van der Waals surface area (Å²) in [4.78, 5) is 46.7. The van der Waals surface area contributed by atoms with E-state index in [0.717, 1.165) is 29.0 Å². The molecule has 42 heavy (non-hydrogen) atoms. The molecule has 2 unspecified atom stereocenters. The smallest absolute Gasteiger partial charge is 0.258 e. The minimum absolute atomic E-state index is 0.0167. The number of rotatable bonds is 12. The maximum absolute atomic E-state index is 14.6. The van der Waals surface area contributed by atoms with E-state index in [1.165, 1.54) is 16.2 Å². The van der Waals surface area contributed by atoms with E-state index < -0.39 is 46.5 Å². The molecule has 230 valence electrons. The van der Waals surface area contributed by atoms with Gasteiger partial charge in [0.15, 0.2) is 5.67 Å². The molecule has 0 bridgehead atoms. The minimum atomic E-state index is -1.98. The lowest BCUT2D eigenvalue weighted by Crippen LogP contribution is -2.64. The second kappa shape index (κ2) is 12.3. The van der Waals surface area contributed by atoms with Gasteiger partial charge in [-0.3, -0.25) is 14.4 Å². The normalized spacial score (nSPS) is 22.1. The first kappa shape index (κ1) is 31.8. The van der Waals surface area contributed by atoms with Crippen molar-refractivity contribution in [1.82, 2.24) is 15.2 Å². The molecular formula is C30H42FN5O5S. The predicted octanol–water partition coefficient (Wildman–Crippen LogP) is 2.63. The molecule has 2 heterocycles. The maximum Gasteiger partial charge on any atom is 0.258 e. The molecule has 12 heteroatoms. The molecule has 1 aliphatic carbocycles. The summed E-state index contributed by atoms with van der Waals surface area (Å²) in [5, 5.41) is 13.4. The van der Waals surface area contributed by atoms with E-state index in [0.29, 0.717) is 24.5 Å². The zero-order valence-electron chi connectivity index (χ0n) is 24.7. The second-order valence-corrected chi connectivity index (χ2v) is 13.4. The Morgan fingerprint density at radius 2 is 2.00 bits per heavy atom. The minimum Gasteiger partial charge on any atom is -0.493 e. The number of unbranched alkanes of at least 4 members (excludes halogenated alkanes) is 1. The predicted molar refractivity (Wildman–Crippen MR) is 158 cm³/mol. The lowest BCUT2D eigenvalue weighted by atomic mass is 9.82. The van der Waals surface area contributed by atoms with Crippen LogP contribution in [0.3, 0.4) is 0 Å². The van der Waals surface area contributed by atoms with Crippen molar-refractivity contribution in [2.45, 2.75) is 89.6 Å². The van der Waals surface area contributed by atoms with E-state index >= 15 is 0 Å². The van der Waals surface area contributed by atoms with Crippen LogP contribution in [0.1, 0.15) is 64.1 Å². The van der Waals surface area contributed by atoms with Crippen LogP contribution in [0.15, 0.2) is 23.7 Å². The first-order valence-corrected chi connectivity index (χ1v) is 15.3. The highest BCUT2D eigenvalue weighted by atomic mass is 32.1. The summed E-state index contributed by atoms with van der Waals surface area (Å²) >= 11 is 1.50. The molecule has 1 saturated carbocycles. The SMILES string of the molecule is Cc1ncsc1-c1ccc(CC2(C(N)=O)CC(O)CN2C(=O)[C@@H](NC(=O)C2(F)CC2)C(C)(C)C)c(OCCCCN)c1. The van der Waals surface area contributed by atoms with E-state index in [-0.39, 0.29) is 32.2 Å². The average molecular weight is 604 g/mol. The highest BCUT2D eigenvalue weighted by molar-refractivity contribution is 7.13. The number of aliphatic hydroxyl groups excluding tert-OH is 1. The second-order valence-electron chi connectivity index (χ2n) is 12.6. The van der Waals surface area contributed by atoms with Crippen LogP contribution in [0.2, 0.25) is 0 Å². The number of amides is 3. The fourth-order valence-corrected chi connectivity index (χ4v) is 6.24. The van der Waals surface area contributed by atoms with Gasteiger partial charge in [0, 0.05) is 19.4 Å². The van der Waals surface area contributed by atoms with Crippen molar-refractivity contribution in [3.63, 3.8) is 0 Å². The summed E-state index contributed by atoms with van der Waals surface area (Å²) in [7, 11) is 0. The number of β-amino-alcohol motifs (C(OH)–C–C–N with tert-alkyl or cyclic N) is 1. The number of likely N-dealkylation sites (tertiary alicyclic amines) is 1. The summed E-state index contributed by atoms with van der Waals surface area (Å²) in [5.74, 6) is -1.70.